The molecule has 2 amide bonds. The van der Waals surface area contributed by atoms with Gasteiger partial charge in [0.1, 0.15) is 0 Å². The van der Waals surface area contributed by atoms with Gasteiger partial charge in [0.2, 0.25) is 5.91 Å². The molecule has 7 nitrogen and oxygen atoms in total. The number of aryl methyl sites for hydroxylation is 1. The van der Waals surface area contributed by atoms with Crippen molar-refractivity contribution in [2.24, 2.45) is 0 Å². The van der Waals surface area contributed by atoms with Crippen molar-refractivity contribution < 1.29 is 9.59 Å². The van der Waals surface area contributed by atoms with Gasteiger partial charge in [-0.1, -0.05) is 65.9 Å². The highest BCUT2D eigenvalue weighted by molar-refractivity contribution is 7.99. The minimum absolute atomic E-state index is 0.138. The largest absolute Gasteiger partial charge is 0.342 e. The second-order valence-electron chi connectivity index (χ2n) is 8.20. The Balaban J connectivity index is 1.41. The van der Waals surface area contributed by atoms with E-state index in [1.807, 2.05) is 79.1 Å². The van der Waals surface area contributed by atoms with Gasteiger partial charge in [-0.15, -0.1) is 16.8 Å². The Morgan fingerprint density at radius 1 is 1.06 bits per heavy atom. The molecule has 0 spiro atoms. The van der Waals surface area contributed by atoms with Crippen molar-refractivity contribution in [2.45, 2.75) is 31.6 Å². The van der Waals surface area contributed by atoms with Crippen molar-refractivity contribution in [2.75, 3.05) is 11.1 Å². The second kappa shape index (κ2) is 11.0. The van der Waals surface area contributed by atoms with Crippen molar-refractivity contribution in [3.05, 3.63) is 96.3 Å². The number of carbonyl (C=O) groups is 2. The third-order valence-electron chi connectivity index (χ3n) is 5.44. The molecule has 4 rings (SSSR count). The van der Waals surface area contributed by atoms with Gasteiger partial charge in [0.15, 0.2) is 11.0 Å². The predicted molar refractivity (Wildman–Crippen MR) is 141 cm³/mol. The maximum Gasteiger partial charge on any atom is 0.251 e. The number of benzene rings is 3. The molecule has 0 saturated carbocycles. The summed E-state index contributed by atoms with van der Waals surface area (Å²) in [6.45, 7) is 8.08. The molecule has 4 aromatic rings. The van der Waals surface area contributed by atoms with E-state index in [2.05, 4.69) is 27.4 Å². The lowest BCUT2D eigenvalue weighted by atomic mass is 10.1. The van der Waals surface area contributed by atoms with E-state index < -0.39 is 0 Å². The van der Waals surface area contributed by atoms with Gasteiger partial charge < -0.3 is 15.2 Å². The lowest BCUT2D eigenvalue weighted by Crippen LogP contribution is -2.28. The highest BCUT2D eigenvalue weighted by atomic mass is 32.2. The summed E-state index contributed by atoms with van der Waals surface area (Å²) in [4.78, 5) is 25.3. The van der Waals surface area contributed by atoms with Crippen molar-refractivity contribution in [3.8, 4) is 0 Å². The van der Waals surface area contributed by atoms with Crippen LogP contribution in [0.15, 0.2) is 84.5 Å². The topological polar surface area (TPSA) is 88.9 Å². The molecule has 0 aliphatic rings. The minimum atomic E-state index is -0.378. The van der Waals surface area contributed by atoms with Gasteiger partial charge in [0.25, 0.3) is 5.91 Å². The van der Waals surface area contributed by atoms with E-state index >= 15 is 0 Å². The Hall–Kier alpha value is -3.91. The smallest absolute Gasteiger partial charge is 0.251 e. The number of amides is 2. The summed E-state index contributed by atoms with van der Waals surface area (Å²) >= 11 is 1.29. The molecule has 3 aromatic carbocycles. The molecular weight excluding hydrogens is 458 g/mol. The van der Waals surface area contributed by atoms with E-state index in [-0.39, 0.29) is 23.6 Å². The zero-order chi connectivity index (χ0) is 24.8. The van der Waals surface area contributed by atoms with Gasteiger partial charge >= 0.3 is 0 Å². The first kappa shape index (κ1) is 24.2. The van der Waals surface area contributed by atoms with Crippen LogP contribution in [-0.2, 0) is 11.3 Å². The molecule has 178 valence electrons. The van der Waals surface area contributed by atoms with Crippen LogP contribution in [0.5, 0.6) is 0 Å². The van der Waals surface area contributed by atoms with Crippen molar-refractivity contribution in [1.29, 1.82) is 0 Å². The summed E-state index contributed by atoms with van der Waals surface area (Å²) in [5.41, 5.74) is 2.35. The van der Waals surface area contributed by atoms with Crippen LogP contribution in [0.3, 0.4) is 0 Å². The summed E-state index contributed by atoms with van der Waals surface area (Å²) in [7, 11) is 0. The average molecular weight is 486 g/mol. The molecule has 1 heterocycles. The lowest BCUT2D eigenvalue weighted by molar-refractivity contribution is -0.113. The average Bonchev–Trinajstić information content (AvgIpc) is 3.25. The van der Waals surface area contributed by atoms with Crippen LogP contribution in [0.4, 0.5) is 5.69 Å². The number of thioether (sulfide) groups is 1. The van der Waals surface area contributed by atoms with E-state index in [9.17, 15) is 9.59 Å². The SMILES string of the molecule is C=CCn1c(SCC(=O)Nc2ccc3ccccc3c2)nnc1[C@@H](C)NC(=O)c1cccc(C)c1. The number of aromatic nitrogens is 3. The van der Waals surface area contributed by atoms with Gasteiger partial charge in [-0.2, -0.15) is 0 Å². The van der Waals surface area contributed by atoms with Crippen molar-refractivity contribution in [3.63, 3.8) is 0 Å². The molecule has 8 heteroatoms. The summed E-state index contributed by atoms with van der Waals surface area (Å²) in [6.07, 6.45) is 1.74. The number of fused-ring (bicyclic) bond motifs is 1. The molecule has 2 N–H and O–H groups in total. The Labute approximate surface area is 208 Å². The lowest BCUT2D eigenvalue weighted by Gasteiger charge is -2.15. The third kappa shape index (κ3) is 5.96. The molecule has 35 heavy (non-hydrogen) atoms. The number of allylic oxidation sites excluding steroid dienone is 1. The van der Waals surface area contributed by atoms with Crippen LogP contribution in [0.2, 0.25) is 0 Å². The molecule has 0 fully saturated rings. The highest BCUT2D eigenvalue weighted by Crippen LogP contribution is 2.23. The maximum atomic E-state index is 12.7. The maximum absolute atomic E-state index is 12.7. The van der Waals surface area contributed by atoms with Crippen LogP contribution < -0.4 is 10.6 Å². The first-order valence-corrected chi connectivity index (χ1v) is 12.3. The van der Waals surface area contributed by atoms with E-state index in [1.54, 1.807) is 12.1 Å². The summed E-state index contributed by atoms with van der Waals surface area (Å²) in [5, 5.41) is 17.3. The second-order valence-corrected chi connectivity index (χ2v) is 9.15. The quantitative estimate of drug-likeness (QED) is 0.253. The van der Waals surface area contributed by atoms with Crippen LogP contribution in [0.1, 0.15) is 34.7 Å². The highest BCUT2D eigenvalue weighted by Gasteiger charge is 2.20. The Morgan fingerprint density at radius 3 is 2.63 bits per heavy atom. The first-order valence-electron chi connectivity index (χ1n) is 11.3. The third-order valence-corrected chi connectivity index (χ3v) is 6.40. The number of nitrogens with one attached hydrogen (secondary N) is 2. The summed E-state index contributed by atoms with van der Waals surface area (Å²) in [6, 6.07) is 20.9. The van der Waals surface area contributed by atoms with E-state index in [4.69, 9.17) is 0 Å². The molecule has 0 aliphatic carbocycles. The van der Waals surface area contributed by atoms with Gasteiger partial charge in [0, 0.05) is 17.8 Å². The zero-order valence-electron chi connectivity index (χ0n) is 19.7. The van der Waals surface area contributed by atoms with Crippen molar-refractivity contribution in [1.82, 2.24) is 20.1 Å². The normalized spacial score (nSPS) is 11.7. The Bertz CT molecular complexity index is 1380. The van der Waals surface area contributed by atoms with E-state index in [0.29, 0.717) is 23.1 Å². The fraction of sp³-hybridized carbons (Fsp3) is 0.185. The number of rotatable bonds is 9. The molecule has 0 saturated heterocycles. The first-order chi connectivity index (χ1) is 16.9. The van der Waals surface area contributed by atoms with E-state index in [0.717, 1.165) is 22.0 Å². The molecule has 1 aromatic heterocycles. The number of hydrogen-bond acceptors (Lipinski definition) is 5. The number of carbonyl (C=O) groups excluding carboxylic acids is 2. The van der Waals surface area contributed by atoms with Crippen LogP contribution in [0.25, 0.3) is 10.8 Å². The van der Waals surface area contributed by atoms with Gasteiger partial charge in [-0.05, 0) is 48.9 Å². The number of hydrogen-bond donors (Lipinski definition) is 2. The fourth-order valence-electron chi connectivity index (χ4n) is 3.75. The predicted octanol–water partition coefficient (Wildman–Crippen LogP) is 5.15. The van der Waals surface area contributed by atoms with Gasteiger partial charge in [-0.25, -0.2) is 0 Å². The molecule has 1 atom stereocenters. The molecule has 0 aliphatic heterocycles. The van der Waals surface area contributed by atoms with Gasteiger partial charge in [0.05, 0.1) is 11.8 Å². The standard InChI is InChI=1S/C27H27N5O2S/c1-4-14-32-25(19(3)28-26(34)22-11-7-8-18(2)15-22)30-31-27(32)35-17-24(33)29-23-13-12-20-9-5-6-10-21(20)16-23/h4-13,15-16,19H,1,14,17H2,2-3H3,(H,28,34)(H,29,33)/t19-/m1/s1. The number of anilines is 1. The van der Waals surface area contributed by atoms with Gasteiger partial charge in [-0.3, -0.25) is 9.59 Å². The van der Waals surface area contributed by atoms with Crippen molar-refractivity contribution >= 4 is 40.0 Å². The molecule has 0 radical (unpaired) electrons. The van der Waals surface area contributed by atoms with Crippen LogP contribution >= 0.6 is 11.8 Å². The Morgan fingerprint density at radius 2 is 1.86 bits per heavy atom. The minimum Gasteiger partial charge on any atom is -0.342 e. The number of nitrogens with zero attached hydrogens (tertiary/aromatic N) is 3. The molecule has 0 bridgehead atoms. The molecule has 0 unspecified atom stereocenters. The van der Waals surface area contributed by atoms with Crippen LogP contribution in [-0.4, -0.2) is 32.3 Å². The van der Waals surface area contributed by atoms with Crippen LogP contribution in [0, 0.1) is 6.92 Å². The summed E-state index contributed by atoms with van der Waals surface area (Å²) in [5.74, 6) is 0.453. The van der Waals surface area contributed by atoms with E-state index in [1.165, 1.54) is 11.8 Å². The zero-order valence-corrected chi connectivity index (χ0v) is 20.5. The fourth-order valence-corrected chi connectivity index (χ4v) is 4.51. The monoisotopic (exact) mass is 485 g/mol. The molecular formula is C27H27N5O2S. The summed E-state index contributed by atoms with van der Waals surface area (Å²) < 4.78 is 1.86. The Kier molecular flexibility index (Phi) is 7.62.